The molecule has 1 unspecified atom stereocenters. The summed E-state index contributed by atoms with van der Waals surface area (Å²) in [6.07, 6.45) is 0.288. The Morgan fingerprint density at radius 3 is 2.79 bits per heavy atom. The van der Waals surface area contributed by atoms with Gasteiger partial charge < -0.3 is 10.5 Å². The van der Waals surface area contributed by atoms with Crippen LogP contribution in [0.25, 0.3) is 0 Å². The third kappa shape index (κ3) is 4.19. The molecular weight excluding hydrogens is 314 g/mol. The highest BCUT2D eigenvalue weighted by Crippen LogP contribution is 2.34. The average molecular weight is 328 g/mol. The summed E-state index contributed by atoms with van der Waals surface area (Å²) in [6, 6.07) is 5.06. The summed E-state index contributed by atoms with van der Waals surface area (Å²) in [6.45, 7) is 3.45. The zero-order valence-corrected chi connectivity index (χ0v) is 12.2. The molecule has 0 radical (unpaired) electrons. The monoisotopic (exact) mass is 327 g/mol. The fourth-order valence-electron chi connectivity index (χ4n) is 1.46. The zero-order chi connectivity index (χ0) is 14.6. The first kappa shape index (κ1) is 15.4. The first-order chi connectivity index (χ1) is 8.76. The van der Waals surface area contributed by atoms with Gasteiger partial charge in [0.05, 0.1) is 17.6 Å². The summed E-state index contributed by atoms with van der Waals surface area (Å²) in [5.74, 6) is 0.210. The van der Waals surface area contributed by atoms with Gasteiger partial charge in [0.1, 0.15) is 5.54 Å². The molecule has 0 aliphatic heterocycles. The summed E-state index contributed by atoms with van der Waals surface area (Å²) in [4.78, 5) is 10.5. The maximum atomic E-state index is 11.0. The molecule has 0 amide bonds. The minimum absolute atomic E-state index is 0.109. The van der Waals surface area contributed by atoms with Crippen molar-refractivity contribution in [3.05, 3.63) is 32.3 Å². The number of hydrogen-bond acceptors (Lipinski definition) is 5. The van der Waals surface area contributed by atoms with Gasteiger partial charge in [-0.25, -0.2) is 0 Å². The van der Waals surface area contributed by atoms with E-state index in [1.165, 1.54) is 6.07 Å². The van der Waals surface area contributed by atoms with Gasteiger partial charge in [-0.05, 0) is 25.5 Å². The van der Waals surface area contributed by atoms with E-state index in [9.17, 15) is 10.1 Å². The van der Waals surface area contributed by atoms with Gasteiger partial charge in [0.25, 0.3) is 0 Å². The van der Waals surface area contributed by atoms with Crippen molar-refractivity contribution in [2.75, 3.05) is 6.61 Å². The number of halogens is 1. The minimum Gasteiger partial charge on any atom is -0.487 e. The predicted octanol–water partition coefficient (Wildman–Crippen LogP) is 2.68. The van der Waals surface area contributed by atoms with E-state index in [1.807, 2.05) is 6.07 Å². The molecule has 19 heavy (non-hydrogen) atoms. The number of nitro benzene ring substituents is 1. The van der Waals surface area contributed by atoms with E-state index in [1.54, 1.807) is 19.9 Å². The Bertz CT molecular complexity index is 538. The third-order valence-corrected chi connectivity index (χ3v) is 3.00. The molecule has 0 aliphatic carbocycles. The number of nitro groups is 1. The second kappa shape index (κ2) is 5.99. The summed E-state index contributed by atoms with van der Waals surface area (Å²) in [7, 11) is 0. The molecule has 6 nitrogen and oxygen atoms in total. The van der Waals surface area contributed by atoms with Crippen LogP contribution in [0.1, 0.15) is 18.9 Å². The molecule has 1 rings (SSSR count). The van der Waals surface area contributed by atoms with Gasteiger partial charge in [0, 0.05) is 17.0 Å². The predicted molar refractivity (Wildman–Crippen MR) is 73.9 cm³/mol. The molecule has 0 fully saturated rings. The Balaban J connectivity index is 2.90. The Morgan fingerprint density at radius 2 is 2.26 bits per heavy atom. The highest BCUT2D eigenvalue weighted by atomic mass is 79.9. The van der Waals surface area contributed by atoms with Crippen molar-refractivity contribution in [3.63, 3.8) is 0 Å². The van der Waals surface area contributed by atoms with Crippen molar-refractivity contribution in [1.29, 1.82) is 5.26 Å². The standard InChI is InChI=1S/C12H14BrN3O3/c1-8-5-9(13)6-10(16(17)18)11(8)19-4-3-12(2,15)7-14/h5-6H,3-4,15H2,1-2H3. The van der Waals surface area contributed by atoms with Gasteiger partial charge in [-0.15, -0.1) is 0 Å². The molecule has 0 aromatic heterocycles. The van der Waals surface area contributed by atoms with E-state index in [-0.39, 0.29) is 24.5 Å². The van der Waals surface area contributed by atoms with Gasteiger partial charge in [-0.2, -0.15) is 5.26 Å². The Hall–Kier alpha value is -1.65. The maximum Gasteiger partial charge on any atom is 0.312 e. The van der Waals surface area contributed by atoms with Crippen LogP contribution in [-0.2, 0) is 0 Å². The number of hydrogen-bond donors (Lipinski definition) is 1. The lowest BCUT2D eigenvalue weighted by molar-refractivity contribution is -0.386. The van der Waals surface area contributed by atoms with Crippen LogP contribution in [-0.4, -0.2) is 17.1 Å². The number of nitrogens with zero attached hydrogens (tertiary/aromatic N) is 2. The van der Waals surface area contributed by atoms with E-state index >= 15 is 0 Å². The van der Waals surface area contributed by atoms with Crippen LogP contribution < -0.4 is 10.5 Å². The number of nitrogens with two attached hydrogens (primary N) is 1. The average Bonchev–Trinajstić information content (AvgIpc) is 2.31. The van der Waals surface area contributed by atoms with Crippen molar-refractivity contribution in [2.45, 2.75) is 25.8 Å². The summed E-state index contributed by atoms with van der Waals surface area (Å²) in [5, 5.41) is 19.8. The van der Waals surface area contributed by atoms with Crippen LogP contribution in [0.15, 0.2) is 16.6 Å². The number of benzene rings is 1. The van der Waals surface area contributed by atoms with Crippen molar-refractivity contribution in [1.82, 2.24) is 0 Å². The van der Waals surface area contributed by atoms with Crippen molar-refractivity contribution in [2.24, 2.45) is 5.73 Å². The Kier molecular flexibility index (Phi) is 4.86. The molecule has 0 spiro atoms. The molecule has 0 saturated heterocycles. The lowest BCUT2D eigenvalue weighted by Crippen LogP contribution is -2.35. The summed E-state index contributed by atoms with van der Waals surface area (Å²) >= 11 is 3.20. The van der Waals surface area contributed by atoms with Crippen molar-refractivity contribution >= 4 is 21.6 Å². The highest BCUT2D eigenvalue weighted by molar-refractivity contribution is 9.10. The lowest BCUT2D eigenvalue weighted by Gasteiger charge is -2.16. The molecular formula is C12H14BrN3O3. The van der Waals surface area contributed by atoms with E-state index < -0.39 is 10.5 Å². The fraction of sp³-hybridized carbons (Fsp3) is 0.417. The maximum absolute atomic E-state index is 11.0. The van der Waals surface area contributed by atoms with Crippen LogP contribution >= 0.6 is 15.9 Å². The number of ether oxygens (including phenoxy) is 1. The topological polar surface area (TPSA) is 102 Å². The van der Waals surface area contributed by atoms with Gasteiger partial charge in [0.2, 0.25) is 0 Å². The molecule has 102 valence electrons. The molecule has 0 bridgehead atoms. The smallest absolute Gasteiger partial charge is 0.312 e. The van der Waals surface area contributed by atoms with Crippen molar-refractivity contribution < 1.29 is 9.66 Å². The van der Waals surface area contributed by atoms with Gasteiger partial charge in [-0.3, -0.25) is 10.1 Å². The third-order valence-electron chi connectivity index (χ3n) is 2.54. The molecule has 0 saturated carbocycles. The Morgan fingerprint density at radius 1 is 1.63 bits per heavy atom. The fourth-order valence-corrected chi connectivity index (χ4v) is 2.02. The van der Waals surface area contributed by atoms with E-state index in [0.717, 1.165) is 0 Å². The SMILES string of the molecule is Cc1cc(Br)cc([N+](=O)[O-])c1OCCC(C)(N)C#N. The van der Waals surface area contributed by atoms with Gasteiger partial charge in [-0.1, -0.05) is 15.9 Å². The minimum atomic E-state index is -1.00. The van der Waals surface area contributed by atoms with Crippen LogP contribution in [0.3, 0.4) is 0 Å². The lowest BCUT2D eigenvalue weighted by atomic mass is 10.0. The molecule has 0 heterocycles. The Labute approximate surface area is 119 Å². The van der Waals surface area contributed by atoms with Crippen LogP contribution in [0.2, 0.25) is 0 Å². The molecule has 7 heteroatoms. The highest BCUT2D eigenvalue weighted by Gasteiger charge is 2.21. The first-order valence-electron chi connectivity index (χ1n) is 5.54. The number of nitriles is 1. The molecule has 1 atom stereocenters. The van der Waals surface area contributed by atoms with E-state index in [2.05, 4.69) is 15.9 Å². The van der Waals surface area contributed by atoms with E-state index in [0.29, 0.717) is 10.0 Å². The van der Waals surface area contributed by atoms with Gasteiger partial charge in [0.15, 0.2) is 5.75 Å². The van der Waals surface area contributed by atoms with Crippen LogP contribution in [0.4, 0.5) is 5.69 Å². The van der Waals surface area contributed by atoms with Crippen LogP contribution in [0.5, 0.6) is 5.75 Å². The number of rotatable bonds is 5. The molecule has 1 aromatic rings. The second-order valence-corrected chi connectivity index (χ2v) is 5.37. The van der Waals surface area contributed by atoms with E-state index in [4.69, 9.17) is 15.7 Å². The summed E-state index contributed by atoms with van der Waals surface area (Å²) < 4.78 is 6.04. The van der Waals surface area contributed by atoms with Crippen molar-refractivity contribution in [3.8, 4) is 11.8 Å². The molecule has 2 N–H and O–H groups in total. The zero-order valence-electron chi connectivity index (χ0n) is 10.6. The normalized spacial score (nSPS) is 13.4. The molecule has 0 aliphatic rings. The van der Waals surface area contributed by atoms with Gasteiger partial charge >= 0.3 is 5.69 Å². The first-order valence-corrected chi connectivity index (χ1v) is 6.33. The quantitative estimate of drug-likeness (QED) is 0.661. The second-order valence-electron chi connectivity index (χ2n) is 4.46. The summed E-state index contributed by atoms with van der Waals surface area (Å²) in [5.41, 5.74) is 5.20. The number of aryl methyl sites for hydroxylation is 1. The van der Waals surface area contributed by atoms with Crippen LogP contribution in [0, 0.1) is 28.4 Å². The largest absolute Gasteiger partial charge is 0.487 e. The molecule has 1 aromatic carbocycles.